The van der Waals surface area contributed by atoms with Crippen LogP contribution in [0.15, 0.2) is 0 Å². The van der Waals surface area contributed by atoms with Crippen LogP contribution in [0, 0.1) is 0 Å². The molecule has 0 aromatic rings. The maximum absolute atomic E-state index is 8.48. The standard InChI is InChI=1S/2C18H40O4P2.2O.Tc/c2*1-5-19-9-13-23(14-10-20-6-2)17-18-24(15-11-21-7-3)16-12-22-8-4;;;/h2*5-18H2,1-4H3;;;/i;;;;1+1. The Morgan fingerprint density at radius 2 is 0.392 bits per heavy atom. The molecule has 0 radical (unpaired) electrons. The zero-order valence-corrected chi connectivity index (χ0v) is 39.5. The molecule has 311 valence electrons. The van der Waals surface area contributed by atoms with E-state index in [-0.39, 0.29) is 31.7 Å². The molecule has 0 aliphatic carbocycles. The van der Waals surface area contributed by atoms with Crippen LogP contribution in [0.25, 0.3) is 0 Å². The molecule has 0 aliphatic heterocycles. The molecule has 0 aromatic carbocycles. The molecular formula is C36H80O10P4Tc. The first-order chi connectivity index (χ1) is 25.0. The van der Waals surface area contributed by atoms with Crippen molar-refractivity contribution in [2.24, 2.45) is 0 Å². The van der Waals surface area contributed by atoms with Crippen molar-refractivity contribution in [2.45, 2.75) is 55.4 Å². The van der Waals surface area contributed by atoms with E-state index >= 15 is 0 Å². The first-order valence-corrected chi connectivity index (χ1v) is 28.5. The molecule has 15 heteroatoms. The molecule has 0 amide bonds. The molecule has 0 aliphatic rings. The van der Waals surface area contributed by atoms with Crippen LogP contribution >= 0.6 is 31.7 Å². The van der Waals surface area contributed by atoms with Crippen molar-refractivity contribution >= 4 is 31.7 Å². The SMILES string of the molecule is CCOCCP(CCOCC)CCP(CCOCC)CCOCC.CCOCCP(CCOCC)CCP(CCOCC)CCOCC.[O]=[99Tc]=[O]. The van der Waals surface area contributed by atoms with E-state index in [1.165, 1.54) is 73.9 Å². The van der Waals surface area contributed by atoms with Gasteiger partial charge in [0.1, 0.15) is 0 Å². The average Bonchev–Trinajstić information content (AvgIpc) is 3.13. The predicted molar refractivity (Wildman–Crippen MR) is 219 cm³/mol. The molecule has 0 heterocycles. The molecule has 0 saturated heterocycles. The van der Waals surface area contributed by atoms with E-state index in [0.29, 0.717) is 0 Å². The second kappa shape index (κ2) is 51.6. The Balaban J connectivity index is -0.000000838. The summed E-state index contributed by atoms with van der Waals surface area (Å²) < 4.78 is 61.6. The summed E-state index contributed by atoms with van der Waals surface area (Å²) in [5, 5.41) is 0. The average molecular weight is 896 g/mol. The van der Waals surface area contributed by atoms with E-state index in [1.807, 2.05) is 0 Å². The van der Waals surface area contributed by atoms with Gasteiger partial charge in [-0.3, -0.25) is 0 Å². The molecule has 0 aromatic heterocycles. The molecule has 0 spiro atoms. The molecule has 51 heavy (non-hydrogen) atoms. The summed E-state index contributed by atoms with van der Waals surface area (Å²) in [6.07, 6.45) is 15.1. The van der Waals surface area contributed by atoms with Crippen molar-refractivity contribution in [1.82, 2.24) is 0 Å². The van der Waals surface area contributed by atoms with Crippen LogP contribution in [0.3, 0.4) is 0 Å². The van der Waals surface area contributed by atoms with Crippen LogP contribution < -0.4 is 0 Å². The van der Waals surface area contributed by atoms with Gasteiger partial charge in [0.15, 0.2) is 0 Å². The summed E-state index contributed by atoms with van der Waals surface area (Å²) >= 11 is -1.91. The molecule has 0 N–H and O–H groups in total. The van der Waals surface area contributed by atoms with Gasteiger partial charge in [0.25, 0.3) is 0 Å². The second-order valence-electron chi connectivity index (χ2n) is 11.0. The fraction of sp³-hybridized carbons (Fsp3) is 1.00. The normalized spacial score (nSPS) is 11.3. The fourth-order valence-electron chi connectivity index (χ4n) is 4.61. The van der Waals surface area contributed by atoms with E-state index in [0.717, 1.165) is 106 Å². The van der Waals surface area contributed by atoms with Crippen molar-refractivity contribution in [2.75, 3.05) is 180 Å². The number of hydrogen-bond acceptors (Lipinski definition) is 10. The molecule has 0 fully saturated rings. The molecule has 0 atom stereocenters. The third-order valence-corrected chi connectivity index (χ3v) is 18.2. The quantitative estimate of drug-likeness (QED) is 0.0448. The maximum atomic E-state index is 8.48. The van der Waals surface area contributed by atoms with Crippen molar-refractivity contribution in [1.29, 1.82) is 0 Å². The summed E-state index contributed by atoms with van der Waals surface area (Å²) in [7, 11) is 0.124. The first-order valence-electron chi connectivity index (χ1n) is 19.4. The van der Waals surface area contributed by atoms with Crippen LogP contribution in [-0.4, -0.2) is 180 Å². The van der Waals surface area contributed by atoms with Gasteiger partial charge in [-0.25, -0.2) is 0 Å². The van der Waals surface area contributed by atoms with E-state index in [1.54, 1.807) is 0 Å². The van der Waals surface area contributed by atoms with Crippen LogP contribution in [0.4, 0.5) is 0 Å². The van der Waals surface area contributed by atoms with E-state index < -0.39 is 17.6 Å². The molecular weight excluding hydrogens is 815 g/mol. The molecule has 0 bridgehead atoms. The minimum atomic E-state index is -1.91. The summed E-state index contributed by atoms with van der Waals surface area (Å²) in [5.74, 6) is 0. The topological polar surface area (TPSA) is 108 Å². The summed E-state index contributed by atoms with van der Waals surface area (Å²) in [6, 6.07) is 0. The van der Waals surface area contributed by atoms with E-state index in [9.17, 15) is 0 Å². The van der Waals surface area contributed by atoms with Gasteiger partial charge >= 0.3 is 24.6 Å². The number of ether oxygens (including phenoxy) is 8. The Morgan fingerprint density at radius 1 is 0.275 bits per heavy atom. The van der Waals surface area contributed by atoms with Crippen LogP contribution in [-0.2, 0) is 62.5 Å². The van der Waals surface area contributed by atoms with Crippen molar-refractivity contribution in [3.05, 3.63) is 0 Å². The number of hydrogen-bond donors (Lipinski definition) is 0. The Bertz CT molecular complexity index is 537. The zero-order chi connectivity index (χ0) is 38.5. The molecule has 0 saturated carbocycles. The Morgan fingerprint density at radius 3 is 0.490 bits per heavy atom. The summed E-state index contributed by atoms with van der Waals surface area (Å²) in [4.78, 5) is 0. The van der Waals surface area contributed by atoms with Crippen LogP contribution in [0.5, 0.6) is 0 Å². The summed E-state index contributed by atoms with van der Waals surface area (Å²) in [5.41, 5.74) is 0. The molecule has 10 nitrogen and oxygen atoms in total. The Kier molecular flexibility index (Phi) is 57.7. The first kappa shape index (κ1) is 57.0. The van der Waals surface area contributed by atoms with Gasteiger partial charge in [0.05, 0.1) is 52.9 Å². The monoisotopic (exact) mass is 895 g/mol. The van der Waals surface area contributed by atoms with Crippen molar-refractivity contribution in [3.8, 4) is 0 Å². The van der Waals surface area contributed by atoms with Gasteiger partial charge in [0, 0.05) is 52.9 Å². The molecule has 0 unspecified atom stereocenters. The predicted octanol–water partition coefficient (Wildman–Crippen LogP) is 7.95. The third-order valence-electron chi connectivity index (χ3n) is 7.51. The van der Waals surface area contributed by atoms with Crippen molar-refractivity contribution < 1.29 is 62.5 Å². The van der Waals surface area contributed by atoms with Gasteiger partial charge < -0.3 is 37.9 Å². The fourth-order valence-corrected chi connectivity index (χ4v) is 14.9. The van der Waals surface area contributed by atoms with Gasteiger partial charge in [-0.1, -0.05) is 0 Å². The minimum absolute atomic E-state index is 0.0310. The number of rotatable bonds is 38. The van der Waals surface area contributed by atoms with Gasteiger partial charge in [-0.05, 0) is 129 Å². The molecule has 0 rings (SSSR count). The Hall–Kier alpha value is 1.65. The van der Waals surface area contributed by atoms with Crippen LogP contribution in [0.1, 0.15) is 55.4 Å². The van der Waals surface area contributed by atoms with E-state index in [2.05, 4.69) is 55.4 Å². The van der Waals surface area contributed by atoms with Gasteiger partial charge in [-0.15, -0.1) is 31.7 Å². The van der Waals surface area contributed by atoms with Gasteiger partial charge in [0.2, 0.25) is 0 Å². The third kappa shape index (κ3) is 47.7. The second-order valence-corrected chi connectivity index (χ2v) is 22.0. The van der Waals surface area contributed by atoms with Crippen LogP contribution in [0.2, 0.25) is 0 Å². The van der Waals surface area contributed by atoms with E-state index in [4.69, 9.17) is 44.9 Å². The zero-order valence-electron chi connectivity index (χ0n) is 34.0. The summed E-state index contributed by atoms with van der Waals surface area (Å²) in [6.45, 7) is 30.4. The van der Waals surface area contributed by atoms with Gasteiger partial charge in [-0.2, -0.15) is 0 Å². The Labute approximate surface area is 327 Å². The van der Waals surface area contributed by atoms with Crippen molar-refractivity contribution in [3.63, 3.8) is 0 Å².